The monoisotopic (exact) mass is 351 g/mol. The number of carbonyl (C=O) groups excluding carboxylic acids is 1. The van der Waals surface area contributed by atoms with Gasteiger partial charge in [-0.25, -0.2) is 8.51 Å². The van der Waals surface area contributed by atoms with Crippen molar-refractivity contribution in [1.29, 1.82) is 0 Å². The number of amides is 1. The van der Waals surface area contributed by atoms with Gasteiger partial charge >= 0.3 is 0 Å². The van der Waals surface area contributed by atoms with Gasteiger partial charge in [-0.15, -0.1) is 0 Å². The third-order valence-electron chi connectivity index (χ3n) is 3.37. The Hall–Kier alpha value is -1.62. The Balaban J connectivity index is 2.11. The summed E-state index contributed by atoms with van der Waals surface area (Å²) in [5, 5.41) is 0.753. The van der Waals surface area contributed by atoms with E-state index >= 15 is 0 Å². The molecular weight excluding hydrogens is 341 g/mol. The van der Waals surface area contributed by atoms with Gasteiger partial charge in [0.05, 0.1) is 16.3 Å². The van der Waals surface area contributed by atoms with Gasteiger partial charge in [-0.3, -0.25) is 4.79 Å². The molecule has 1 aliphatic rings. The zero-order valence-electron chi connectivity index (χ0n) is 11.5. The summed E-state index contributed by atoms with van der Waals surface area (Å²) in [5.74, 6) is -0.341. The van der Waals surface area contributed by atoms with Crippen molar-refractivity contribution < 1.29 is 9.00 Å². The molecule has 6 heteroatoms. The summed E-state index contributed by atoms with van der Waals surface area (Å²) in [7, 11) is -1.62. The minimum atomic E-state index is -1.62. The standard InChI is InChI=1S/C16H11Cl2NO2S/c1-10-15(11-5-3-2-4-6-11)16(20)19(22(10)21)14-9-12(17)7-8-13(14)18/h2-9H,1H3. The highest BCUT2D eigenvalue weighted by Crippen LogP contribution is 2.39. The van der Waals surface area contributed by atoms with Gasteiger partial charge in [-0.2, -0.15) is 0 Å². The number of anilines is 1. The molecule has 1 unspecified atom stereocenters. The number of rotatable bonds is 2. The van der Waals surface area contributed by atoms with Crippen molar-refractivity contribution in [2.24, 2.45) is 0 Å². The maximum atomic E-state index is 12.8. The molecule has 0 saturated carbocycles. The molecule has 0 spiro atoms. The molecule has 2 aromatic carbocycles. The first-order valence-corrected chi connectivity index (χ1v) is 8.34. The van der Waals surface area contributed by atoms with Gasteiger partial charge in [-0.1, -0.05) is 53.5 Å². The van der Waals surface area contributed by atoms with Gasteiger partial charge in [-0.05, 0) is 30.7 Å². The molecule has 0 bridgehead atoms. The van der Waals surface area contributed by atoms with Crippen LogP contribution in [-0.4, -0.2) is 10.1 Å². The number of carbonyl (C=O) groups is 1. The lowest BCUT2D eigenvalue weighted by atomic mass is 10.1. The number of halogens is 2. The van der Waals surface area contributed by atoms with Crippen molar-refractivity contribution in [2.45, 2.75) is 6.92 Å². The Labute approximate surface area is 140 Å². The Morgan fingerprint density at radius 3 is 2.41 bits per heavy atom. The van der Waals surface area contributed by atoms with Crippen molar-refractivity contribution in [3.05, 3.63) is 69.0 Å². The maximum absolute atomic E-state index is 12.8. The highest BCUT2D eigenvalue weighted by Gasteiger charge is 2.37. The number of hydrogen-bond acceptors (Lipinski definition) is 2. The minimum Gasteiger partial charge on any atom is -0.268 e. The molecule has 22 heavy (non-hydrogen) atoms. The fraction of sp³-hybridized carbons (Fsp3) is 0.0625. The first-order valence-electron chi connectivity index (χ1n) is 6.48. The minimum absolute atomic E-state index is 0.327. The van der Waals surface area contributed by atoms with Gasteiger partial charge in [0.2, 0.25) is 0 Å². The average Bonchev–Trinajstić information content (AvgIpc) is 2.73. The maximum Gasteiger partial charge on any atom is 0.272 e. The predicted molar refractivity (Wildman–Crippen MR) is 91.1 cm³/mol. The molecule has 1 atom stereocenters. The quantitative estimate of drug-likeness (QED) is 0.802. The summed E-state index contributed by atoms with van der Waals surface area (Å²) in [4.78, 5) is 13.3. The molecule has 0 radical (unpaired) electrons. The zero-order valence-corrected chi connectivity index (χ0v) is 13.9. The normalized spacial score (nSPS) is 18.2. The fourth-order valence-electron chi connectivity index (χ4n) is 2.32. The summed E-state index contributed by atoms with van der Waals surface area (Å²) in [5.41, 5.74) is 1.52. The number of hydrogen-bond donors (Lipinski definition) is 0. The number of nitrogens with zero attached hydrogens (tertiary/aromatic N) is 1. The van der Waals surface area contributed by atoms with E-state index in [-0.39, 0.29) is 5.91 Å². The van der Waals surface area contributed by atoms with Crippen molar-refractivity contribution >= 4 is 51.4 Å². The summed E-state index contributed by atoms with van der Waals surface area (Å²) in [6.07, 6.45) is 0. The molecule has 0 fully saturated rings. The van der Waals surface area contributed by atoms with Gasteiger partial charge < -0.3 is 0 Å². The van der Waals surface area contributed by atoms with Crippen LogP contribution in [0.1, 0.15) is 12.5 Å². The molecular formula is C16H11Cl2NO2S. The highest BCUT2D eigenvalue weighted by molar-refractivity contribution is 7.92. The Bertz CT molecular complexity index is 818. The van der Waals surface area contributed by atoms with Crippen molar-refractivity contribution in [3.63, 3.8) is 0 Å². The Kier molecular flexibility index (Phi) is 4.08. The first kappa shape index (κ1) is 15.3. The van der Waals surface area contributed by atoms with E-state index in [2.05, 4.69) is 0 Å². The SMILES string of the molecule is CC1=C(c2ccccc2)C(=O)N(c2cc(Cl)ccc2Cl)S1=O. The molecule has 1 aliphatic heterocycles. The topological polar surface area (TPSA) is 37.4 Å². The van der Waals surface area contributed by atoms with Crippen LogP contribution in [0, 0.1) is 0 Å². The summed E-state index contributed by atoms with van der Waals surface area (Å²) < 4.78 is 13.8. The van der Waals surface area contributed by atoms with E-state index in [1.807, 2.05) is 30.3 Å². The molecule has 1 amide bonds. The van der Waals surface area contributed by atoms with Gasteiger partial charge in [0, 0.05) is 9.93 Å². The molecule has 2 aromatic rings. The first-order chi connectivity index (χ1) is 10.5. The second-order valence-electron chi connectivity index (χ2n) is 4.74. The van der Waals surface area contributed by atoms with E-state index in [0.717, 1.165) is 5.56 Å². The van der Waals surface area contributed by atoms with Crippen LogP contribution in [0.25, 0.3) is 5.57 Å². The molecule has 3 rings (SSSR count). The summed E-state index contributed by atoms with van der Waals surface area (Å²) >= 11 is 12.1. The van der Waals surface area contributed by atoms with E-state index in [1.165, 1.54) is 4.31 Å². The van der Waals surface area contributed by atoms with Crippen LogP contribution in [0.2, 0.25) is 10.0 Å². The lowest BCUT2D eigenvalue weighted by Crippen LogP contribution is -2.27. The zero-order chi connectivity index (χ0) is 15.9. The third kappa shape index (κ3) is 2.47. The van der Waals surface area contributed by atoms with Crippen molar-refractivity contribution in [3.8, 4) is 0 Å². The third-order valence-corrected chi connectivity index (χ3v) is 5.34. The van der Waals surface area contributed by atoms with E-state index in [1.54, 1.807) is 25.1 Å². The Morgan fingerprint density at radius 2 is 1.73 bits per heavy atom. The second kappa shape index (κ2) is 5.88. The molecule has 0 N–H and O–H groups in total. The van der Waals surface area contributed by atoms with E-state index in [0.29, 0.717) is 26.2 Å². The van der Waals surface area contributed by atoms with Crippen LogP contribution in [0.3, 0.4) is 0 Å². The van der Waals surface area contributed by atoms with Crippen LogP contribution in [-0.2, 0) is 15.8 Å². The van der Waals surface area contributed by atoms with Crippen LogP contribution in [0.4, 0.5) is 5.69 Å². The molecule has 0 saturated heterocycles. The number of benzene rings is 2. The highest BCUT2D eigenvalue weighted by atomic mass is 35.5. The largest absolute Gasteiger partial charge is 0.272 e. The Morgan fingerprint density at radius 1 is 1.05 bits per heavy atom. The molecule has 0 aliphatic carbocycles. The molecule has 1 heterocycles. The molecule has 0 aromatic heterocycles. The van der Waals surface area contributed by atoms with Gasteiger partial charge in [0.1, 0.15) is 0 Å². The molecule has 3 nitrogen and oxygen atoms in total. The van der Waals surface area contributed by atoms with E-state index < -0.39 is 11.0 Å². The van der Waals surface area contributed by atoms with Gasteiger partial charge in [0.15, 0.2) is 11.0 Å². The van der Waals surface area contributed by atoms with Crippen LogP contribution in [0.5, 0.6) is 0 Å². The van der Waals surface area contributed by atoms with Crippen LogP contribution >= 0.6 is 23.2 Å². The van der Waals surface area contributed by atoms with Crippen LogP contribution in [0.15, 0.2) is 53.4 Å². The van der Waals surface area contributed by atoms with Gasteiger partial charge in [0.25, 0.3) is 5.91 Å². The smallest absolute Gasteiger partial charge is 0.268 e. The lowest BCUT2D eigenvalue weighted by Gasteiger charge is -2.17. The predicted octanol–water partition coefficient (Wildman–Crippen LogP) is 4.43. The number of allylic oxidation sites excluding steroid dienone is 1. The second-order valence-corrected chi connectivity index (χ2v) is 7.06. The van der Waals surface area contributed by atoms with Crippen molar-refractivity contribution in [2.75, 3.05) is 4.31 Å². The van der Waals surface area contributed by atoms with Crippen molar-refractivity contribution in [1.82, 2.24) is 0 Å². The summed E-state index contributed by atoms with van der Waals surface area (Å²) in [6, 6.07) is 13.9. The average molecular weight is 352 g/mol. The fourth-order valence-corrected chi connectivity index (χ4v) is 3.97. The van der Waals surface area contributed by atoms with E-state index in [9.17, 15) is 9.00 Å². The van der Waals surface area contributed by atoms with E-state index in [4.69, 9.17) is 23.2 Å². The lowest BCUT2D eigenvalue weighted by molar-refractivity contribution is -0.112. The summed E-state index contributed by atoms with van der Waals surface area (Å²) in [6.45, 7) is 1.69. The van der Waals surface area contributed by atoms with Crippen LogP contribution < -0.4 is 4.31 Å². The molecule has 112 valence electrons.